The normalized spacial score (nSPS) is 18.3. The summed E-state index contributed by atoms with van der Waals surface area (Å²) in [4.78, 5) is 11.6. The highest BCUT2D eigenvalue weighted by Gasteiger charge is 2.23. The number of fused-ring (bicyclic) bond motifs is 1. The minimum absolute atomic E-state index is 0.0794. The van der Waals surface area contributed by atoms with Gasteiger partial charge in [-0.05, 0) is 31.5 Å². The number of anilines is 1. The van der Waals surface area contributed by atoms with E-state index in [2.05, 4.69) is 15.2 Å². The molecule has 138 valence electrons. The molecule has 1 saturated heterocycles. The van der Waals surface area contributed by atoms with E-state index in [4.69, 9.17) is 9.72 Å². The van der Waals surface area contributed by atoms with Crippen LogP contribution in [0.3, 0.4) is 0 Å². The minimum atomic E-state index is -0.655. The van der Waals surface area contributed by atoms with Crippen molar-refractivity contribution in [1.29, 1.82) is 0 Å². The Labute approximate surface area is 151 Å². The van der Waals surface area contributed by atoms with Crippen LogP contribution in [0.5, 0.6) is 5.75 Å². The summed E-state index contributed by atoms with van der Waals surface area (Å²) in [5, 5.41) is 3.35. The van der Waals surface area contributed by atoms with Crippen LogP contribution in [0.4, 0.5) is 14.6 Å². The van der Waals surface area contributed by atoms with Crippen LogP contribution >= 0.6 is 0 Å². The third-order valence-electron chi connectivity index (χ3n) is 4.93. The second kappa shape index (κ2) is 7.53. The molecular weight excluding hydrogens is 338 g/mol. The Hall–Kier alpha value is -2.28. The SMILES string of the molecule is Fc1ccc(OC2CCN(c3cnc4c(n3)CCCNC4)CC2)c(F)c1. The molecule has 1 aromatic carbocycles. The van der Waals surface area contributed by atoms with Crippen molar-refractivity contribution >= 4 is 5.82 Å². The first-order valence-electron chi connectivity index (χ1n) is 9.11. The van der Waals surface area contributed by atoms with Crippen molar-refractivity contribution in [3.8, 4) is 5.75 Å². The first-order chi connectivity index (χ1) is 12.7. The third kappa shape index (κ3) is 3.77. The zero-order valence-corrected chi connectivity index (χ0v) is 14.5. The van der Waals surface area contributed by atoms with Crippen LogP contribution in [0.2, 0.25) is 0 Å². The molecule has 0 aliphatic carbocycles. The van der Waals surface area contributed by atoms with E-state index in [9.17, 15) is 8.78 Å². The summed E-state index contributed by atoms with van der Waals surface area (Å²) in [6.45, 7) is 3.33. The lowest BCUT2D eigenvalue weighted by molar-refractivity contribution is 0.163. The fourth-order valence-electron chi connectivity index (χ4n) is 3.48. The first-order valence-corrected chi connectivity index (χ1v) is 9.11. The Bertz CT molecular complexity index is 778. The predicted molar refractivity (Wildman–Crippen MR) is 94.3 cm³/mol. The maximum Gasteiger partial charge on any atom is 0.167 e. The molecule has 0 radical (unpaired) electrons. The molecular formula is C19H22F2N4O. The van der Waals surface area contributed by atoms with Gasteiger partial charge in [0.1, 0.15) is 17.7 Å². The van der Waals surface area contributed by atoms with Gasteiger partial charge in [-0.3, -0.25) is 4.98 Å². The van der Waals surface area contributed by atoms with Gasteiger partial charge in [0.25, 0.3) is 0 Å². The van der Waals surface area contributed by atoms with Gasteiger partial charge >= 0.3 is 0 Å². The van der Waals surface area contributed by atoms with Gasteiger partial charge in [-0.2, -0.15) is 0 Å². The molecule has 26 heavy (non-hydrogen) atoms. The molecule has 1 fully saturated rings. The van der Waals surface area contributed by atoms with Crippen molar-refractivity contribution in [2.24, 2.45) is 0 Å². The molecule has 4 rings (SSSR count). The van der Waals surface area contributed by atoms with Crippen molar-refractivity contribution in [3.05, 3.63) is 47.4 Å². The fraction of sp³-hybridized carbons (Fsp3) is 0.474. The monoisotopic (exact) mass is 360 g/mol. The maximum absolute atomic E-state index is 13.7. The minimum Gasteiger partial charge on any atom is -0.487 e. The highest BCUT2D eigenvalue weighted by Crippen LogP contribution is 2.25. The first kappa shape index (κ1) is 17.1. The average molecular weight is 360 g/mol. The van der Waals surface area contributed by atoms with Crippen LogP contribution in [-0.2, 0) is 13.0 Å². The van der Waals surface area contributed by atoms with Gasteiger partial charge in [-0.25, -0.2) is 13.8 Å². The van der Waals surface area contributed by atoms with E-state index in [1.807, 2.05) is 6.20 Å². The summed E-state index contributed by atoms with van der Waals surface area (Å²) < 4.78 is 32.5. The van der Waals surface area contributed by atoms with Crippen molar-refractivity contribution in [2.45, 2.75) is 38.3 Å². The Morgan fingerprint density at radius 1 is 1.15 bits per heavy atom. The summed E-state index contributed by atoms with van der Waals surface area (Å²) in [7, 11) is 0. The number of piperidine rings is 1. The number of aromatic nitrogens is 2. The van der Waals surface area contributed by atoms with Crippen LogP contribution in [0.25, 0.3) is 0 Å². The number of aryl methyl sites for hydroxylation is 1. The number of hydrogen-bond donors (Lipinski definition) is 1. The summed E-state index contributed by atoms with van der Waals surface area (Å²) >= 11 is 0. The zero-order chi connectivity index (χ0) is 17.9. The van der Waals surface area contributed by atoms with Gasteiger partial charge < -0.3 is 15.0 Å². The zero-order valence-electron chi connectivity index (χ0n) is 14.5. The number of halogens is 2. The molecule has 2 aromatic rings. The van der Waals surface area contributed by atoms with E-state index in [1.165, 1.54) is 12.1 Å². The van der Waals surface area contributed by atoms with E-state index in [0.29, 0.717) is 0 Å². The van der Waals surface area contributed by atoms with E-state index in [1.54, 1.807) is 0 Å². The molecule has 0 spiro atoms. The molecule has 1 N–H and O–H groups in total. The molecule has 2 aliphatic rings. The number of nitrogens with one attached hydrogen (secondary N) is 1. The van der Waals surface area contributed by atoms with Gasteiger partial charge in [0.2, 0.25) is 0 Å². The molecule has 0 saturated carbocycles. The summed E-state index contributed by atoms with van der Waals surface area (Å²) in [6.07, 6.45) is 5.31. The Balaban J connectivity index is 1.38. The van der Waals surface area contributed by atoms with Crippen LogP contribution in [-0.4, -0.2) is 35.7 Å². The van der Waals surface area contributed by atoms with Crippen molar-refractivity contribution in [3.63, 3.8) is 0 Å². The number of benzene rings is 1. The van der Waals surface area contributed by atoms with Gasteiger partial charge in [0.05, 0.1) is 17.6 Å². The molecule has 1 aromatic heterocycles. The molecule has 2 aliphatic heterocycles. The van der Waals surface area contributed by atoms with Crippen LogP contribution in [0, 0.1) is 11.6 Å². The standard InChI is InChI=1S/C19H22F2N4O/c20-13-3-4-18(15(21)10-13)26-14-5-8-25(9-6-14)19-12-23-17-11-22-7-1-2-16(17)24-19/h3-4,10,12,14,22H,1-2,5-9,11H2. The van der Waals surface area contributed by atoms with Gasteiger partial charge in [-0.1, -0.05) is 0 Å². The van der Waals surface area contributed by atoms with Crippen LogP contribution in [0.15, 0.2) is 24.4 Å². The van der Waals surface area contributed by atoms with E-state index >= 15 is 0 Å². The van der Waals surface area contributed by atoms with Gasteiger partial charge in [0.15, 0.2) is 11.6 Å². The van der Waals surface area contributed by atoms with Crippen molar-refractivity contribution in [2.75, 3.05) is 24.5 Å². The molecule has 0 atom stereocenters. The van der Waals surface area contributed by atoms with Crippen molar-refractivity contribution in [1.82, 2.24) is 15.3 Å². The van der Waals surface area contributed by atoms with E-state index < -0.39 is 11.6 Å². The Kier molecular flexibility index (Phi) is 4.97. The highest BCUT2D eigenvalue weighted by atomic mass is 19.1. The van der Waals surface area contributed by atoms with Crippen LogP contribution < -0.4 is 15.0 Å². The summed E-state index contributed by atoms with van der Waals surface area (Å²) in [5.41, 5.74) is 2.12. The molecule has 7 heteroatoms. The number of nitrogens with zero attached hydrogens (tertiary/aromatic N) is 3. The van der Waals surface area contributed by atoms with E-state index in [0.717, 1.165) is 75.1 Å². The van der Waals surface area contributed by atoms with Crippen LogP contribution in [0.1, 0.15) is 30.7 Å². The second-order valence-corrected chi connectivity index (χ2v) is 6.78. The fourth-order valence-corrected chi connectivity index (χ4v) is 3.48. The molecule has 3 heterocycles. The number of hydrogen-bond acceptors (Lipinski definition) is 5. The molecule has 0 bridgehead atoms. The lowest BCUT2D eigenvalue weighted by Crippen LogP contribution is -2.39. The number of ether oxygens (including phenoxy) is 1. The maximum atomic E-state index is 13.7. The quantitative estimate of drug-likeness (QED) is 0.912. The summed E-state index contributed by atoms with van der Waals surface area (Å²) in [6, 6.07) is 3.42. The largest absolute Gasteiger partial charge is 0.487 e. The highest BCUT2D eigenvalue weighted by molar-refractivity contribution is 5.39. The molecule has 0 amide bonds. The third-order valence-corrected chi connectivity index (χ3v) is 4.93. The molecule has 0 unspecified atom stereocenters. The Morgan fingerprint density at radius 2 is 2.00 bits per heavy atom. The van der Waals surface area contributed by atoms with Gasteiger partial charge in [0, 0.05) is 38.5 Å². The van der Waals surface area contributed by atoms with Gasteiger partial charge in [-0.15, -0.1) is 0 Å². The van der Waals surface area contributed by atoms with E-state index in [-0.39, 0.29) is 11.9 Å². The topological polar surface area (TPSA) is 50.3 Å². The Morgan fingerprint density at radius 3 is 2.81 bits per heavy atom. The lowest BCUT2D eigenvalue weighted by atomic mass is 10.1. The smallest absolute Gasteiger partial charge is 0.167 e. The second-order valence-electron chi connectivity index (χ2n) is 6.78. The average Bonchev–Trinajstić information content (AvgIpc) is 2.89. The summed E-state index contributed by atoms with van der Waals surface area (Å²) in [5.74, 6) is -0.237. The predicted octanol–water partition coefficient (Wildman–Crippen LogP) is 2.84. The van der Waals surface area contributed by atoms with Crippen molar-refractivity contribution < 1.29 is 13.5 Å². The molecule has 5 nitrogen and oxygen atoms in total. The number of rotatable bonds is 3. The lowest BCUT2D eigenvalue weighted by Gasteiger charge is -2.33.